The average Bonchev–Trinajstić information content (AvgIpc) is 2.97. The van der Waals surface area contributed by atoms with Gasteiger partial charge >= 0.3 is 0 Å². The molecule has 6 nitrogen and oxygen atoms in total. The van der Waals surface area contributed by atoms with E-state index in [2.05, 4.69) is 4.98 Å². The summed E-state index contributed by atoms with van der Waals surface area (Å²) in [6.45, 7) is 1.86. The molecule has 0 unspecified atom stereocenters. The van der Waals surface area contributed by atoms with Crippen molar-refractivity contribution < 1.29 is 8.42 Å². The number of nitrogens with two attached hydrogens (primary N) is 1. The van der Waals surface area contributed by atoms with Gasteiger partial charge in [0.15, 0.2) is 10.8 Å². The normalized spacial score (nSPS) is 11.9. The lowest BCUT2D eigenvalue weighted by Gasteiger charge is -2.21. The average molecular weight is 322 g/mol. The van der Waals surface area contributed by atoms with Crippen molar-refractivity contribution >= 4 is 37.8 Å². The molecule has 0 aliphatic carbocycles. The lowest BCUT2D eigenvalue weighted by Crippen LogP contribution is -2.28. The summed E-state index contributed by atoms with van der Waals surface area (Å²) in [5, 5.41) is 1.78. The second-order valence-corrected chi connectivity index (χ2v) is 7.37. The van der Waals surface area contributed by atoms with Crippen molar-refractivity contribution in [1.29, 1.82) is 0 Å². The molecular weight excluding hydrogens is 308 g/mol. The summed E-state index contributed by atoms with van der Waals surface area (Å²) >= 11 is 1.34. The first-order chi connectivity index (χ1) is 9.93. The van der Waals surface area contributed by atoms with E-state index in [4.69, 9.17) is 5.73 Å². The Morgan fingerprint density at radius 1 is 1.33 bits per heavy atom. The number of aromatic nitrogens is 2. The van der Waals surface area contributed by atoms with Crippen LogP contribution >= 0.6 is 11.3 Å². The lowest BCUT2D eigenvalue weighted by atomic mass is 10.2. The number of aryl methyl sites for hydroxylation is 1. The van der Waals surface area contributed by atoms with Crippen LogP contribution in [0.1, 0.15) is 5.56 Å². The molecule has 8 heteroatoms. The third-order valence-corrected chi connectivity index (χ3v) is 5.87. The molecular formula is C13H14N4O2S2. The van der Waals surface area contributed by atoms with Crippen molar-refractivity contribution in [1.82, 2.24) is 9.38 Å². The van der Waals surface area contributed by atoms with Gasteiger partial charge in [0.1, 0.15) is 0 Å². The predicted molar refractivity (Wildman–Crippen MR) is 84.2 cm³/mol. The van der Waals surface area contributed by atoms with Crippen molar-refractivity contribution in [3.8, 4) is 0 Å². The number of hydrogen-bond donors (Lipinski definition) is 1. The second kappa shape index (κ2) is 4.74. The Morgan fingerprint density at radius 3 is 2.76 bits per heavy atom. The smallest absolute Gasteiger partial charge is 0.283 e. The van der Waals surface area contributed by atoms with Gasteiger partial charge in [-0.15, -0.1) is 11.3 Å². The number of rotatable bonds is 3. The number of nitrogens with zero attached hydrogens (tertiary/aromatic N) is 3. The Hall–Kier alpha value is -2.06. The number of hydrogen-bond acceptors (Lipinski definition) is 5. The molecule has 0 aliphatic rings. The molecule has 0 fully saturated rings. The van der Waals surface area contributed by atoms with E-state index >= 15 is 0 Å². The van der Waals surface area contributed by atoms with E-state index in [-0.39, 0.29) is 10.8 Å². The molecule has 0 radical (unpaired) electrons. The minimum atomic E-state index is -3.78. The Labute approximate surface area is 126 Å². The summed E-state index contributed by atoms with van der Waals surface area (Å²) in [5.41, 5.74) is 7.29. The Bertz CT molecular complexity index is 911. The third kappa shape index (κ3) is 2.07. The van der Waals surface area contributed by atoms with Gasteiger partial charge in [0.05, 0.1) is 5.69 Å². The van der Waals surface area contributed by atoms with Gasteiger partial charge in [0.25, 0.3) is 10.0 Å². The van der Waals surface area contributed by atoms with Gasteiger partial charge in [-0.1, -0.05) is 18.2 Å². The number of sulfonamides is 1. The third-order valence-electron chi connectivity index (χ3n) is 3.30. The summed E-state index contributed by atoms with van der Waals surface area (Å²) in [4.78, 5) is 4.65. The van der Waals surface area contributed by atoms with Gasteiger partial charge in [0.2, 0.25) is 5.03 Å². The number of benzene rings is 1. The molecule has 2 aromatic heterocycles. The number of thiazole rings is 1. The van der Waals surface area contributed by atoms with Crippen molar-refractivity contribution in [2.24, 2.45) is 0 Å². The summed E-state index contributed by atoms with van der Waals surface area (Å²) in [7, 11) is -2.27. The first-order valence-electron chi connectivity index (χ1n) is 6.18. The van der Waals surface area contributed by atoms with Crippen LogP contribution in [0.25, 0.3) is 4.96 Å². The Kier molecular flexibility index (Phi) is 3.14. The molecule has 0 aliphatic heterocycles. The fourth-order valence-electron chi connectivity index (χ4n) is 2.21. The van der Waals surface area contributed by atoms with Gasteiger partial charge < -0.3 is 5.73 Å². The Morgan fingerprint density at radius 2 is 2.05 bits per heavy atom. The minimum Gasteiger partial charge on any atom is -0.381 e. The number of nitrogen functional groups attached to an aromatic ring is 1. The molecule has 3 rings (SSSR count). The van der Waals surface area contributed by atoms with Crippen molar-refractivity contribution in [2.45, 2.75) is 11.9 Å². The van der Waals surface area contributed by atoms with Crippen molar-refractivity contribution in [3.63, 3.8) is 0 Å². The Balaban J connectivity index is 2.19. The van der Waals surface area contributed by atoms with Gasteiger partial charge in [0, 0.05) is 18.6 Å². The quantitative estimate of drug-likeness (QED) is 0.801. The van der Waals surface area contributed by atoms with Crippen LogP contribution in [0.15, 0.2) is 40.9 Å². The van der Waals surface area contributed by atoms with Crippen LogP contribution in [-0.2, 0) is 10.0 Å². The maximum atomic E-state index is 12.9. The highest BCUT2D eigenvalue weighted by atomic mass is 32.2. The van der Waals surface area contributed by atoms with Crippen LogP contribution in [-0.4, -0.2) is 24.9 Å². The van der Waals surface area contributed by atoms with Crippen LogP contribution in [0.5, 0.6) is 0 Å². The number of para-hydroxylation sites is 1. The summed E-state index contributed by atoms with van der Waals surface area (Å²) in [6, 6.07) is 7.29. The molecule has 110 valence electrons. The molecule has 2 heterocycles. The molecule has 0 atom stereocenters. The van der Waals surface area contributed by atoms with Gasteiger partial charge in [-0.05, 0) is 18.6 Å². The maximum Gasteiger partial charge on any atom is 0.283 e. The highest BCUT2D eigenvalue weighted by molar-refractivity contribution is 7.92. The molecule has 0 saturated heterocycles. The summed E-state index contributed by atoms with van der Waals surface area (Å²) in [5.74, 6) is 0.0160. The van der Waals surface area contributed by atoms with E-state index in [9.17, 15) is 8.42 Å². The van der Waals surface area contributed by atoms with Gasteiger partial charge in [-0.25, -0.2) is 4.98 Å². The monoisotopic (exact) mass is 322 g/mol. The second-order valence-electron chi connectivity index (χ2n) is 4.62. The van der Waals surface area contributed by atoms with Gasteiger partial charge in [-0.2, -0.15) is 8.42 Å². The first kappa shape index (κ1) is 13.9. The molecule has 2 N–H and O–H groups in total. The summed E-state index contributed by atoms with van der Waals surface area (Å²) in [6.07, 6.45) is 1.65. The van der Waals surface area contributed by atoms with Crippen molar-refractivity contribution in [2.75, 3.05) is 17.1 Å². The van der Waals surface area contributed by atoms with E-state index in [0.29, 0.717) is 10.6 Å². The standard InChI is InChI=1S/C13H14N4O2S2/c1-9-5-3-4-6-10(9)16(2)21(18,19)12-11(14)15-13-17(12)7-8-20-13/h3-8H,14H2,1-2H3. The van der Waals surface area contributed by atoms with Crippen LogP contribution in [0.2, 0.25) is 0 Å². The molecule has 21 heavy (non-hydrogen) atoms. The SMILES string of the molecule is Cc1ccccc1N(C)S(=O)(=O)c1c(N)nc2sccn12. The highest BCUT2D eigenvalue weighted by Gasteiger charge is 2.29. The molecule has 0 bridgehead atoms. The largest absolute Gasteiger partial charge is 0.381 e. The zero-order valence-corrected chi connectivity index (χ0v) is 13.1. The molecule has 3 aromatic rings. The fraction of sp³-hybridized carbons (Fsp3) is 0.154. The predicted octanol–water partition coefficient (Wildman–Crippen LogP) is 2.11. The number of fused-ring (bicyclic) bond motifs is 1. The summed E-state index contributed by atoms with van der Waals surface area (Å²) < 4.78 is 28.5. The number of imidazole rings is 1. The van der Waals surface area contributed by atoms with Crippen LogP contribution < -0.4 is 10.0 Å². The lowest BCUT2D eigenvalue weighted by molar-refractivity contribution is 0.590. The maximum absolute atomic E-state index is 12.9. The molecule has 0 amide bonds. The zero-order chi connectivity index (χ0) is 15.2. The highest BCUT2D eigenvalue weighted by Crippen LogP contribution is 2.29. The van der Waals surface area contributed by atoms with Crippen LogP contribution in [0, 0.1) is 6.92 Å². The van der Waals surface area contributed by atoms with Gasteiger partial charge in [-0.3, -0.25) is 8.71 Å². The number of anilines is 2. The van der Waals surface area contributed by atoms with E-state index in [1.54, 1.807) is 23.7 Å². The van der Waals surface area contributed by atoms with E-state index in [1.807, 2.05) is 19.1 Å². The minimum absolute atomic E-state index is 0.00417. The van der Waals surface area contributed by atoms with E-state index in [1.165, 1.54) is 27.1 Å². The van der Waals surface area contributed by atoms with E-state index in [0.717, 1.165) is 5.56 Å². The fourth-order valence-corrected chi connectivity index (χ4v) is 4.42. The van der Waals surface area contributed by atoms with Crippen molar-refractivity contribution in [3.05, 3.63) is 41.4 Å². The molecule has 1 aromatic carbocycles. The molecule has 0 saturated carbocycles. The zero-order valence-electron chi connectivity index (χ0n) is 11.5. The topological polar surface area (TPSA) is 80.7 Å². The van der Waals surface area contributed by atoms with Crippen LogP contribution in [0.4, 0.5) is 11.5 Å². The van der Waals surface area contributed by atoms with E-state index < -0.39 is 10.0 Å². The first-order valence-corrected chi connectivity index (χ1v) is 8.50. The molecule has 0 spiro atoms. The van der Waals surface area contributed by atoms with Crippen LogP contribution in [0.3, 0.4) is 0 Å².